The zero-order valence-corrected chi connectivity index (χ0v) is 68.2. The number of hydrogen-bond donors (Lipinski definition) is 15. The summed E-state index contributed by atoms with van der Waals surface area (Å²) in [5, 5.41) is 50.3. The first-order valence-corrected chi connectivity index (χ1v) is 38.8. The number of allylic oxidation sites excluding steroid dienone is 1. The number of carbonyl (C=O) groups excluding carboxylic acids is 14. The van der Waals surface area contributed by atoms with Gasteiger partial charge in [0.15, 0.2) is 0 Å². The van der Waals surface area contributed by atoms with Crippen molar-refractivity contribution in [2.45, 2.75) is 287 Å². The maximum atomic E-state index is 15.0. The first kappa shape index (κ1) is 98.8. The minimum absolute atomic E-state index is 0.0355. The van der Waals surface area contributed by atoms with Crippen LogP contribution in [0.1, 0.15) is 195 Å². The van der Waals surface area contributed by atoms with Crippen LogP contribution in [-0.2, 0) is 83.1 Å². The molecule has 1 unspecified atom stereocenters. The number of likely N-dealkylation sites (tertiary alicyclic amines) is 1. The molecule has 1 aromatic carbocycles. The van der Waals surface area contributed by atoms with Crippen molar-refractivity contribution in [1.82, 2.24) is 68.7 Å². The van der Waals surface area contributed by atoms with Gasteiger partial charge in [-0.3, -0.25) is 62.3 Å². The molecule has 35 heteroatoms. The summed E-state index contributed by atoms with van der Waals surface area (Å²) in [6.07, 6.45) is -4.00. The van der Waals surface area contributed by atoms with Crippen LogP contribution >= 0.6 is 0 Å². The SMILES string of the molecule is C/C=C1\NC(=O)[C@H](Cc2ccccc2)NC(=O)[C@@H](C(C)C)NC(=O)[C@@H]([C@@H](C)CC)NC(=O)C(NC(=O)[C@H](NC(=O)[C@H](CCCN)NC(=O)[C@H]2CCCN2C(=O)[C@H](NC(=O)[C@@H](NC(=O)[C@@H](NC(=O)[C@H](NC(=O)CC[C@@H](C)CC)C(C)C)[C@@H](C)O)C(C)C)C(C)C)[C@@H](C)CC)[C@@H](C)OC(=O)[C@H](C(C)C)NC1=O.O=C(O)C(F)(F)F. The lowest BCUT2D eigenvalue weighted by Gasteiger charge is -2.33. The van der Waals surface area contributed by atoms with E-state index in [0.717, 1.165) is 6.42 Å². The van der Waals surface area contributed by atoms with Crippen LogP contribution in [0.15, 0.2) is 42.1 Å². The Morgan fingerprint density at radius 1 is 0.625 bits per heavy atom. The Balaban J connectivity index is 0.00000578. The van der Waals surface area contributed by atoms with E-state index in [9.17, 15) is 75.8 Å². The Bertz CT molecular complexity index is 3390. The van der Waals surface area contributed by atoms with Crippen molar-refractivity contribution in [3.8, 4) is 0 Å². The van der Waals surface area contributed by atoms with E-state index in [-0.39, 0.29) is 69.1 Å². The summed E-state index contributed by atoms with van der Waals surface area (Å²) in [5.74, 6) is -18.0. The second kappa shape index (κ2) is 47.3. The maximum absolute atomic E-state index is 15.0. The van der Waals surface area contributed by atoms with Crippen LogP contribution in [0.3, 0.4) is 0 Å². The van der Waals surface area contributed by atoms with E-state index >= 15 is 9.59 Å². The summed E-state index contributed by atoms with van der Waals surface area (Å²) >= 11 is 0. The lowest BCUT2D eigenvalue weighted by molar-refractivity contribution is -0.192. The molecule has 13 amide bonds. The first-order chi connectivity index (χ1) is 52.2. The Hall–Kier alpha value is -9.28. The number of nitrogens with one attached hydrogen (secondary N) is 12. The molecule has 3 rings (SSSR count). The molecule has 2 fully saturated rings. The second-order valence-electron chi connectivity index (χ2n) is 30.8. The van der Waals surface area contributed by atoms with E-state index in [4.69, 9.17) is 20.4 Å². The largest absolute Gasteiger partial charge is 0.490 e. The van der Waals surface area contributed by atoms with E-state index in [1.807, 2.05) is 13.8 Å². The fourth-order valence-electron chi connectivity index (χ4n) is 12.0. The van der Waals surface area contributed by atoms with Gasteiger partial charge >= 0.3 is 18.1 Å². The Kier molecular flexibility index (Phi) is 41.7. The van der Waals surface area contributed by atoms with Gasteiger partial charge in [0.2, 0.25) is 70.9 Å². The molecule has 2 heterocycles. The van der Waals surface area contributed by atoms with Gasteiger partial charge in [0.1, 0.15) is 84.3 Å². The molecule has 16 N–H and O–H groups in total. The second-order valence-corrected chi connectivity index (χ2v) is 30.8. The summed E-state index contributed by atoms with van der Waals surface area (Å²) in [4.78, 5) is 211. The highest BCUT2D eigenvalue weighted by molar-refractivity contribution is 6.03. The third-order valence-corrected chi connectivity index (χ3v) is 19.9. The summed E-state index contributed by atoms with van der Waals surface area (Å²) in [5.41, 5.74) is 6.34. The van der Waals surface area contributed by atoms with Crippen LogP contribution in [0, 0.1) is 47.3 Å². The molecular formula is C77H125F3N14O18. The zero-order chi connectivity index (χ0) is 85.5. The van der Waals surface area contributed by atoms with Crippen molar-refractivity contribution in [2.75, 3.05) is 13.1 Å². The molecule has 1 aromatic rings. The summed E-state index contributed by atoms with van der Waals surface area (Å²) < 4.78 is 37.7. The van der Waals surface area contributed by atoms with E-state index < -0.39 is 215 Å². The number of cyclic esters (lactones) is 1. The van der Waals surface area contributed by atoms with Gasteiger partial charge in [-0.2, -0.15) is 13.2 Å². The molecule has 0 bridgehead atoms. The highest BCUT2D eigenvalue weighted by Gasteiger charge is 2.45. The van der Waals surface area contributed by atoms with E-state index in [1.165, 1.54) is 31.7 Å². The van der Waals surface area contributed by atoms with Gasteiger partial charge in [0.25, 0.3) is 5.91 Å². The average Bonchev–Trinajstić information content (AvgIpc) is 1.46. The number of hydrogen-bond acceptors (Lipinski definition) is 18. The molecule has 632 valence electrons. The Labute approximate surface area is 655 Å². The average molecular weight is 1590 g/mol. The topological polar surface area (TPSA) is 479 Å². The maximum Gasteiger partial charge on any atom is 0.490 e. The van der Waals surface area contributed by atoms with Crippen molar-refractivity contribution in [2.24, 2.45) is 53.1 Å². The summed E-state index contributed by atoms with van der Waals surface area (Å²) in [7, 11) is 0. The van der Waals surface area contributed by atoms with Crippen LogP contribution in [0.4, 0.5) is 13.2 Å². The molecule has 32 nitrogen and oxygen atoms in total. The molecule has 2 aliphatic rings. The lowest BCUT2D eigenvalue weighted by atomic mass is 9.95. The quantitative estimate of drug-likeness (QED) is 0.0355. The molecule has 0 aromatic heterocycles. The van der Waals surface area contributed by atoms with Gasteiger partial charge in [-0.05, 0) is 112 Å². The Morgan fingerprint density at radius 2 is 1.14 bits per heavy atom. The number of carbonyl (C=O) groups is 15. The number of aliphatic carboxylic acids is 1. The van der Waals surface area contributed by atoms with Crippen LogP contribution in [0.25, 0.3) is 0 Å². The number of halogens is 3. The number of alkyl halides is 3. The zero-order valence-electron chi connectivity index (χ0n) is 68.2. The Morgan fingerprint density at radius 3 is 1.64 bits per heavy atom. The number of aliphatic hydroxyl groups excluding tert-OH is 1. The van der Waals surface area contributed by atoms with Gasteiger partial charge in [-0.1, -0.05) is 166 Å². The molecule has 0 aliphatic carbocycles. The van der Waals surface area contributed by atoms with Crippen molar-refractivity contribution in [3.05, 3.63) is 47.7 Å². The predicted octanol–water partition coefficient (Wildman–Crippen LogP) is 2.47. The number of carboxylic acid groups (broad SMARTS) is 1. The van der Waals surface area contributed by atoms with Crippen molar-refractivity contribution >= 4 is 88.7 Å². The van der Waals surface area contributed by atoms with Crippen LogP contribution in [0.5, 0.6) is 0 Å². The predicted molar refractivity (Wildman–Crippen MR) is 409 cm³/mol. The highest BCUT2D eigenvalue weighted by atomic mass is 19.4. The fraction of sp³-hybridized carbons (Fsp3) is 0.701. The minimum Gasteiger partial charge on any atom is -0.475 e. The van der Waals surface area contributed by atoms with Crippen molar-refractivity contribution in [1.29, 1.82) is 0 Å². The van der Waals surface area contributed by atoms with E-state index in [1.54, 1.807) is 127 Å². The number of nitrogens with two attached hydrogens (primary N) is 1. The normalized spacial score (nSPS) is 22.1. The van der Waals surface area contributed by atoms with Gasteiger partial charge in [0, 0.05) is 19.4 Å². The number of rotatable bonds is 33. The molecule has 2 aliphatic heterocycles. The van der Waals surface area contributed by atoms with Gasteiger partial charge < -0.3 is 89.4 Å². The van der Waals surface area contributed by atoms with Crippen molar-refractivity contribution < 1.29 is 100 Å². The molecular weight excluding hydrogens is 1470 g/mol. The highest BCUT2D eigenvalue weighted by Crippen LogP contribution is 2.24. The molecule has 2 saturated heterocycles. The molecule has 17 atom stereocenters. The number of amides is 13. The number of benzene rings is 1. The summed E-state index contributed by atoms with van der Waals surface area (Å²) in [6, 6.07) is -7.67. The van der Waals surface area contributed by atoms with E-state index in [2.05, 4.69) is 63.8 Å². The third kappa shape index (κ3) is 31.0. The molecule has 0 spiro atoms. The molecule has 112 heavy (non-hydrogen) atoms. The van der Waals surface area contributed by atoms with Crippen LogP contribution < -0.4 is 69.5 Å². The smallest absolute Gasteiger partial charge is 0.475 e. The van der Waals surface area contributed by atoms with Gasteiger partial charge in [0.05, 0.1) is 6.10 Å². The minimum atomic E-state index is -5.08. The van der Waals surface area contributed by atoms with Crippen LogP contribution in [0.2, 0.25) is 0 Å². The van der Waals surface area contributed by atoms with E-state index in [0.29, 0.717) is 24.8 Å². The first-order valence-electron chi connectivity index (χ1n) is 38.8. The number of nitrogens with zero attached hydrogens (tertiary/aromatic N) is 1. The summed E-state index contributed by atoms with van der Waals surface area (Å²) in [6.45, 7) is 31.7. The third-order valence-electron chi connectivity index (χ3n) is 19.9. The number of esters is 1. The van der Waals surface area contributed by atoms with Crippen LogP contribution in [-0.4, -0.2) is 208 Å². The monoisotopic (exact) mass is 1590 g/mol. The molecule has 0 radical (unpaired) electrons. The van der Waals surface area contributed by atoms with Gasteiger partial charge in [-0.15, -0.1) is 0 Å². The number of aliphatic hydroxyl groups is 1. The fourth-order valence-corrected chi connectivity index (χ4v) is 12.0. The lowest BCUT2D eigenvalue weighted by Crippen LogP contribution is -2.64. The van der Waals surface area contributed by atoms with Crippen molar-refractivity contribution in [3.63, 3.8) is 0 Å². The number of carboxylic acids is 1. The standard InChI is InChI=1S/C75H124N14O16.C2HF3O2/c1-20-43(15)33-34-53(91)80-54(38(5)6)68(97)87-61(46(18)90)72(101)82-56(40(9)10)69(98)83-57(41(11)12)74(103)89-36-28-32-52(89)66(95)78-50(31-27-35-76)64(93)85-59(44(16)21-2)71(100)88-62-47(19)105-75(104)58(42(13)14)84-63(92)49(23-4)77-65(94)51(37-48-29-25-24-26-30-48)79-67(96)55(39(7)8)81-70(99)60(45(17)22-3)86-73(62)102;3-2(4,5)1(6)7/h23-26,29-30,38-47,50-52,54-62,90H,20-22,27-28,31-37,76H2,1-19H3,(H,77,94)(H,78,95)(H,79,96)(H,80,91)(H,81,99)(H,82,101)(H,83,98)(H,84,92)(H,85,93)(H,86,102)(H,87,97)(H,88,100);(H,6,7)/b49-23-;/t43-,44-,45-,46+,47+,50-,51-,52+,54+,55+,56-,57+,58-,59+,60+,61-,62?;/m0./s1. The van der Waals surface area contributed by atoms with Gasteiger partial charge in [-0.25, -0.2) is 9.59 Å². The number of ether oxygens (including phenoxy) is 1. The molecule has 0 saturated carbocycles.